The Morgan fingerprint density at radius 2 is 2.27 bits per heavy atom. The molecule has 1 heterocycles. The van der Waals surface area contributed by atoms with Crippen LogP contribution >= 0.6 is 36.2 Å². The standard InChI is InChI=1S/C5H8N2OS.2ClH/c6-4(1-8)5-2-9-3-7-5;;/h2-4,8H,1,6H2;2*1H/t4-;;/m1../s1. The second-order valence-corrected chi connectivity index (χ2v) is 2.42. The van der Waals surface area contributed by atoms with Crippen molar-refractivity contribution in [1.29, 1.82) is 0 Å². The highest BCUT2D eigenvalue weighted by atomic mass is 35.5. The number of thiazole rings is 1. The minimum Gasteiger partial charge on any atom is -0.394 e. The molecule has 0 radical (unpaired) electrons. The topological polar surface area (TPSA) is 59.1 Å². The van der Waals surface area contributed by atoms with Crippen LogP contribution in [0.5, 0.6) is 0 Å². The summed E-state index contributed by atoms with van der Waals surface area (Å²) in [5.74, 6) is 0. The molecule has 0 aliphatic heterocycles. The molecule has 11 heavy (non-hydrogen) atoms. The molecule has 0 fully saturated rings. The van der Waals surface area contributed by atoms with Crippen molar-refractivity contribution in [3.63, 3.8) is 0 Å². The summed E-state index contributed by atoms with van der Waals surface area (Å²) in [7, 11) is 0. The number of rotatable bonds is 2. The molecule has 0 bridgehead atoms. The van der Waals surface area contributed by atoms with Gasteiger partial charge in [-0.15, -0.1) is 36.2 Å². The van der Waals surface area contributed by atoms with Crippen LogP contribution < -0.4 is 5.73 Å². The Balaban J connectivity index is 0. The van der Waals surface area contributed by atoms with Gasteiger partial charge in [-0.1, -0.05) is 0 Å². The molecule has 3 nitrogen and oxygen atoms in total. The van der Waals surface area contributed by atoms with Crippen molar-refractivity contribution < 1.29 is 5.11 Å². The zero-order valence-corrected chi connectivity index (χ0v) is 8.09. The quantitative estimate of drug-likeness (QED) is 0.776. The zero-order chi connectivity index (χ0) is 6.69. The van der Waals surface area contributed by atoms with Crippen molar-refractivity contribution in [2.45, 2.75) is 6.04 Å². The summed E-state index contributed by atoms with van der Waals surface area (Å²) >= 11 is 1.48. The molecule has 0 amide bonds. The van der Waals surface area contributed by atoms with E-state index in [9.17, 15) is 0 Å². The molecule has 1 rings (SSSR count). The molecule has 0 unspecified atom stereocenters. The van der Waals surface area contributed by atoms with Gasteiger partial charge >= 0.3 is 0 Å². The van der Waals surface area contributed by atoms with E-state index in [1.165, 1.54) is 11.3 Å². The number of aromatic nitrogens is 1. The fraction of sp³-hybridized carbons (Fsp3) is 0.400. The third-order valence-corrected chi connectivity index (χ3v) is 1.63. The Morgan fingerprint density at radius 1 is 1.64 bits per heavy atom. The van der Waals surface area contributed by atoms with E-state index in [4.69, 9.17) is 10.8 Å². The van der Waals surface area contributed by atoms with E-state index < -0.39 is 0 Å². The minimum absolute atomic E-state index is 0. The molecule has 66 valence electrons. The zero-order valence-electron chi connectivity index (χ0n) is 5.64. The number of halogens is 2. The third kappa shape index (κ3) is 3.88. The van der Waals surface area contributed by atoms with Gasteiger partial charge in [0.15, 0.2) is 0 Å². The third-order valence-electron chi connectivity index (χ3n) is 1.03. The maximum atomic E-state index is 8.55. The molecule has 6 heteroatoms. The van der Waals surface area contributed by atoms with E-state index in [-0.39, 0.29) is 37.5 Å². The van der Waals surface area contributed by atoms with Crippen molar-refractivity contribution in [2.75, 3.05) is 6.61 Å². The lowest BCUT2D eigenvalue weighted by Crippen LogP contribution is -2.14. The van der Waals surface area contributed by atoms with Crippen LogP contribution in [0.3, 0.4) is 0 Å². The number of aliphatic hydroxyl groups excluding tert-OH is 1. The number of nitrogens with two attached hydrogens (primary N) is 1. The van der Waals surface area contributed by atoms with Crippen LogP contribution in [-0.2, 0) is 0 Å². The molecule has 0 saturated carbocycles. The molecule has 0 aliphatic rings. The van der Waals surface area contributed by atoms with E-state index in [0.717, 1.165) is 5.69 Å². The summed E-state index contributed by atoms with van der Waals surface area (Å²) in [6, 6.07) is -0.309. The van der Waals surface area contributed by atoms with E-state index >= 15 is 0 Å². The summed E-state index contributed by atoms with van der Waals surface area (Å²) in [6.07, 6.45) is 0. The highest BCUT2D eigenvalue weighted by Gasteiger charge is 2.03. The van der Waals surface area contributed by atoms with Crippen molar-refractivity contribution >= 4 is 36.2 Å². The first-order valence-electron chi connectivity index (χ1n) is 2.59. The molecular weight excluding hydrogens is 207 g/mol. The maximum absolute atomic E-state index is 8.55. The fourth-order valence-corrected chi connectivity index (χ4v) is 1.12. The molecule has 0 spiro atoms. The van der Waals surface area contributed by atoms with Gasteiger partial charge < -0.3 is 10.8 Å². The van der Waals surface area contributed by atoms with E-state index in [1.54, 1.807) is 5.51 Å². The molecule has 1 aromatic heterocycles. The smallest absolute Gasteiger partial charge is 0.0795 e. The van der Waals surface area contributed by atoms with Gasteiger partial charge in [0.1, 0.15) is 0 Å². The van der Waals surface area contributed by atoms with Gasteiger partial charge in [-0.25, -0.2) is 4.98 Å². The van der Waals surface area contributed by atoms with Crippen molar-refractivity contribution in [3.05, 3.63) is 16.6 Å². The lowest BCUT2D eigenvalue weighted by Gasteiger charge is -2.00. The first-order chi connectivity index (χ1) is 4.34. The highest BCUT2D eigenvalue weighted by Crippen LogP contribution is 2.08. The van der Waals surface area contributed by atoms with Crippen LogP contribution in [0.1, 0.15) is 11.7 Å². The number of nitrogens with zero attached hydrogens (tertiary/aromatic N) is 1. The average Bonchev–Trinajstić information content (AvgIpc) is 2.37. The number of aliphatic hydroxyl groups is 1. The van der Waals surface area contributed by atoms with Crippen LogP contribution in [0.4, 0.5) is 0 Å². The summed E-state index contributed by atoms with van der Waals surface area (Å²) in [4.78, 5) is 3.92. The molecule has 1 atom stereocenters. The second kappa shape index (κ2) is 6.82. The van der Waals surface area contributed by atoms with E-state index in [0.29, 0.717) is 0 Å². The van der Waals surface area contributed by atoms with Crippen molar-refractivity contribution in [1.82, 2.24) is 4.98 Å². The van der Waals surface area contributed by atoms with Crippen LogP contribution in [0, 0.1) is 0 Å². The Bertz CT molecular complexity index is 171. The number of hydrogen-bond acceptors (Lipinski definition) is 4. The Morgan fingerprint density at radius 3 is 2.64 bits per heavy atom. The predicted molar refractivity (Wildman–Crippen MR) is 50.6 cm³/mol. The Labute approximate surface area is 81.5 Å². The molecule has 0 saturated heterocycles. The summed E-state index contributed by atoms with van der Waals surface area (Å²) < 4.78 is 0. The first kappa shape index (κ1) is 13.7. The van der Waals surface area contributed by atoms with Gasteiger partial charge in [-0.3, -0.25) is 0 Å². The van der Waals surface area contributed by atoms with Gasteiger partial charge in [-0.2, -0.15) is 0 Å². The van der Waals surface area contributed by atoms with Crippen LogP contribution in [0.15, 0.2) is 10.9 Å². The Kier molecular flexibility index (Phi) is 8.49. The lowest BCUT2D eigenvalue weighted by atomic mass is 10.3. The molecule has 1 aromatic rings. The fourth-order valence-electron chi connectivity index (χ4n) is 0.499. The predicted octanol–water partition coefficient (Wildman–Crippen LogP) is 0.979. The van der Waals surface area contributed by atoms with Gasteiger partial charge in [-0.05, 0) is 0 Å². The molecule has 3 N–H and O–H groups in total. The molecule has 0 aliphatic carbocycles. The summed E-state index contributed by atoms with van der Waals surface area (Å²) in [5.41, 5.74) is 7.90. The van der Waals surface area contributed by atoms with Crippen molar-refractivity contribution in [3.8, 4) is 0 Å². The maximum Gasteiger partial charge on any atom is 0.0795 e. The van der Waals surface area contributed by atoms with Gasteiger partial charge in [0.2, 0.25) is 0 Å². The lowest BCUT2D eigenvalue weighted by molar-refractivity contribution is 0.266. The first-order valence-corrected chi connectivity index (χ1v) is 3.53. The van der Waals surface area contributed by atoms with Gasteiger partial charge in [0.05, 0.1) is 23.9 Å². The van der Waals surface area contributed by atoms with Crippen molar-refractivity contribution in [2.24, 2.45) is 5.73 Å². The van der Waals surface area contributed by atoms with E-state index in [2.05, 4.69) is 4.98 Å². The second-order valence-electron chi connectivity index (χ2n) is 1.70. The normalized spacial score (nSPS) is 11.1. The number of hydrogen-bond donors (Lipinski definition) is 2. The molecule has 0 aromatic carbocycles. The van der Waals surface area contributed by atoms with Gasteiger partial charge in [0, 0.05) is 5.38 Å². The average molecular weight is 217 g/mol. The summed E-state index contributed by atoms with van der Waals surface area (Å²) in [5, 5.41) is 10.4. The molecular formula is C5H10Cl2N2OS. The van der Waals surface area contributed by atoms with Crippen LogP contribution in [-0.4, -0.2) is 16.7 Å². The SMILES string of the molecule is Cl.Cl.N[C@H](CO)c1cscn1. The minimum atomic E-state index is -0.309. The highest BCUT2D eigenvalue weighted by molar-refractivity contribution is 7.07. The van der Waals surface area contributed by atoms with Crippen LogP contribution in [0.25, 0.3) is 0 Å². The Hall–Kier alpha value is 0.130. The monoisotopic (exact) mass is 216 g/mol. The van der Waals surface area contributed by atoms with E-state index in [1.807, 2.05) is 5.38 Å². The van der Waals surface area contributed by atoms with Crippen LogP contribution in [0.2, 0.25) is 0 Å². The van der Waals surface area contributed by atoms with Gasteiger partial charge in [0.25, 0.3) is 0 Å². The summed E-state index contributed by atoms with van der Waals surface area (Å²) in [6.45, 7) is -0.0380. The largest absolute Gasteiger partial charge is 0.394 e.